The smallest absolute Gasteiger partial charge is 0.231 e. The van der Waals surface area contributed by atoms with Gasteiger partial charge < -0.3 is 23.8 Å². The van der Waals surface area contributed by atoms with Crippen molar-refractivity contribution in [3.05, 3.63) is 42.0 Å². The van der Waals surface area contributed by atoms with Gasteiger partial charge in [0, 0.05) is 23.9 Å². The van der Waals surface area contributed by atoms with E-state index in [4.69, 9.17) is 18.9 Å². The van der Waals surface area contributed by atoms with Gasteiger partial charge in [0.2, 0.25) is 6.79 Å². The predicted octanol–water partition coefficient (Wildman–Crippen LogP) is 2.78. The van der Waals surface area contributed by atoms with Crippen LogP contribution in [0.25, 0.3) is 0 Å². The molecule has 0 fully saturated rings. The van der Waals surface area contributed by atoms with Gasteiger partial charge in [-0.15, -0.1) is 0 Å². The lowest BCUT2D eigenvalue weighted by Gasteiger charge is -2.31. The van der Waals surface area contributed by atoms with E-state index in [0.717, 1.165) is 40.8 Å². The number of methoxy groups -OCH3 is 1. The van der Waals surface area contributed by atoms with Crippen LogP contribution < -0.4 is 23.8 Å². The molecular formula is C16H15NO4. The van der Waals surface area contributed by atoms with Gasteiger partial charge in [0.1, 0.15) is 11.5 Å². The van der Waals surface area contributed by atoms with Gasteiger partial charge in [-0.1, -0.05) is 0 Å². The van der Waals surface area contributed by atoms with Crippen molar-refractivity contribution in [1.82, 2.24) is 0 Å². The number of ether oxygens (including phenoxy) is 4. The van der Waals surface area contributed by atoms with Gasteiger partial charge in [-0.3, -0.25) is 0 Å². The fourth-order valence-corrected chi connectivity index (χ4v) is 2.59. The summed E-state index contributed by atoms with van der Waals surface area (Å²) in [5.41, 5.74) is 2.16. The van der Waals surface area contributed by atoms with Gasteiger partial charge in [-0.25, -0.2) is 0 Å². The highest BCUT2D eigenvalue weighted by molar-refractivity contribution is 5.58. The lowest BCUT2D eigenvalue weighted by atomic mass is 10.1. The summed E-state index contributed by atoms with van der Waals surface area (Å²) in [6.45, 7) is 1.57. The van der Waals surface area contributed by atoms with E-state index >= 15 is 0 Å². The first-order valence-corrected chi connectivity index (χ1v) is 6.78. The highest BCUT2D eigenvalue weighted by Gasteiger charge is 2.21. The average molecular weight is 285 g/mol. The highest BCUT2D eigenvalue weighted by atomic mass is 16.7. The minimum absolute atomic E-state index is 0.287. The molecule has 0 atom stereocenters. The number of nitrogens with zero attached hydrogens (tertiary/aromatic N) is 1. The van der Waals surface area contributed by atoms with Gasteiger partial charge in [0.25, 0.3) is 0 Å². The van der Waals surface area contributed by atoms with Crippen molar-refractivity contribution in [1.29, 1.82) is 0 Å². The molecule has 2 aromatic carbocycles. The molecule has 0 aromatic heterocycles. The van der Waals surface area contributed by atoms with E-state index in [1.165, 1.54) is 0 Å². The lowest BCUT2D eigenvalue weighted by Crippen LogP contribution is -2.31. The molecule has 5 heteroatoms. The second kappa shape index (κ2) is 4.77. The van der Waals surface area contributed by atoms with Gasteiger partial charge in [-0.05, 0) is 30.3 Å². The summed E-state index contributed by atoms with van der Waals surface area (Å²) in [5, 5.41) is 0. The third-order valence-corrected chi connectivity index (χ3v) is 3.73. The van der Waals surface area contributed by atoms with E-state index in [9.17, 15) is 0 Å². The van der Waals surface area contributed by atoms with Crippen LogP contribution in [0.1, 0.15) is 5.56 Å². The molecule has 21 heavy (non-hydrogen) atoms. The molecule has 4 rings (SSSR count). The van der Waals surface area contributed by atoms with Crippen molar-refractivity contribution < 1.29 is 18.9 Å². The molecule has 0 saturated heterocycles. The fourth-order valence-electron chi connectivity index (χ4n) is 2.59. The second-order valence-electron chi connectivity index (χ2n) is 4.98. The summed E-state index contributed by atoms with van der Waals surface area (Å²) in [6.07, 6.45) is 0. The topological polar surface area (TPSA) is 40.2 Å². The summed E-state index contributed by atoms with van der Waals surface area (Å²) in [6, 6.07) is 11.8. The quantitative estimate of drug-likeness (QED) is 0.848. The van der Waals surface area contributed by atoms with Crippen molar-refractivity contribution >= 4 is 5.69 Å². The number of hydrogen-bond acceptors (Lipinski definition) is 5. The van der Waals surface area contributed by atoms with Crippen LogP contribution in [0.15, 0.2) is 36.4 Å². The maximum atomic E-state index is 5.81. The molecule has 2 aliphatic rings. The first kappa shape index (κ1) is 12.2. The van der Waals surface area contributed by atoms with Gasteiger partial charge in [0.15, 0.2) is 18.2 Å². The summed E-state index contributed by atoms with van der Waals surface area (Å²) in [7, 11) is 1.67. The van der Waals surface area contributed by atoms with Gasteiger partial charge in [-0.2, -0.15) is 0 Å². The Morgan fingerprint density at radius 1 is 0.952 bits per heavy atom. The standard InChI is InChI=1S/C16H15NO4/c1-18-13-3-5-14-11(6-13)8-17(9-19-14)12-2-4-15-16(7-12)21-10-20-15/h2-7H,8-10H2,1H3. The molecule has 2 aromatic rings. The second-order valence-corrected chi connectivity index (χ2v) is 4.98. The largest absolute Gasteiger partial charge is 0.497 e. The minimum atomic E-state index is 0.287. The Balaban J connectivity index is 1.62. The predicted molar refractivity (Wildman–Crippen MR) is 77.2 cm³/mol. The number of fused-ring (bicyclic) bond motifs is 2. The molecule has 0 amide bonds. The zero-order chi connectivity index (χ0) is 14.2. The van der Waals surface area contributed by atoms with Gasteiger partial charge in [0.05, 0.1) is 7.11 Å². The number of rotatable bonds is 2. The number of hydrogen-bond donors (Lipinski definition) is 0. The van der Waals surface area contributed by atoms with Crippen LogP contribution in [0, 0.1) is 0 Å². The first-order valence-electron chi connectivity index (χ1n) is 6.78. The van der Waals surface area contributed by atoms with E-state index in [0.29, 0.717) is 6.73 Å². The molecule has 0 unspecified atom stereocenters. The maximum Gasteiger partial charge on any atom is 0.231 e. The monoisotopic (exact) mass is 285 g/mol. The number of anilines is 1. The summed E-state index contributed by atoms with van der Waals surface area (Å²) < 4.78 is 21.8. The summed E-state index contributed by atoms with van der Waals surface area (Å²) in [4.78, 5) is 2.14. The van der Waals surface area contributed by atoms with E-state index in [1.54, 1.807) is 7.11 Å². The molecule has 2 heterocycles. The van der Waals surface area contributed by atoms with Crippen LogP contribution in [0.5, 0.6) is 23.0 Å². The molecule has 0 N–H and O–H groups in total. The van der Waals surface area contributed by atoms with Crippen LogP contribution in [0.3, 0.4) is 0 Å². The molecule has 5 nitrogen and oxygen atoms in total. The Morgan fingerprint density at radius 2 is 1.81 bits per heavy atom. The van der Waals surface area contributed by atoms with Crippen LogP contribution >= 0.6 is 0 Å². The van der Waals surface area contributed by atoms with Crippen LogP contribution in [0.4, 0.5) is 5.69 Å². The summed E-state index contributed by atoms with van der Waals surface area (Å²) in [5.74, 6) is 3.32. The van der Waals surface area contributed by atoms with E-state index in [2.05, 4.69) is 4.90 Å². The SMILES string of the molecule is COc1ccc2c(c1)CN(c1ccc3c(c1)OCO3)CO2. The Morgan fingerprint density at radius 3 is 2.71 bits per heavy atom. The van der Waals surface area contributed by atoms with Crippen molar-refractivity contribution in [3.8, 4) is 23.0 Å². The van der Waals surface area contributed by atoms with Gasteiger partial charge >= 0.3 is 0 Å². The first-order chi connectivity index (χ1) is 10.3. The van der Waals surface area contributed by atoms with Crippen molar-refractivity contribution in [2.45, 2.75) is 6.54 Å². The maximum absolute atomic E-state index is 5.81. The number of benzene rings is 2. The molecule has 0 radical (unpaired) electrons. The van der Waals surface area contributed by atoms with Crippen molar-refractivity contribution in [2.75, 3.05) is 25.5 Å². The Labute approximate surface area is 122 Å². The normalized spacial score (nSPS) is 15.4. The fraction of sp³-hybridized carbons (Fsp3) is 0.250. The lowest BCUT2D eigenvalue weighted by molar-refractivity contribution is 0.174. The molecule has 0 bridgehead atoms. The van der Waals surface area contributed by atoms with Crippen LogP contribution in [0.2, 0.25) is 0 Å². The Kier molecular flexibility index (Phi) is 2.77. The molecule has 2 aliphatic heterocycles. The summed E-state index contributed by atoms with van der Waals surface area (Å²) >= 11 is 0. The van der Waals surface area contributed by atoms with Crippen LogP contribution in [-0.2, 0) is 6.54 Å². The highest BCUT2D eigenvalue weighted by Crippen LogP contribution is 2.37. The van der Waals surface area contributed by atoms with Crippen molar-refractivity contribution in [3.63, 3.8) is 0 Å². The van der Waals surface area contributed by atoms with Crippen molar-refractivity contribution in [2.24, 2.45) is 0 Å². The average Bonchev–Trinajstić information content (AvgIpc) is 3.01. The zero-order valence-corrected chi connectivity index (χ0v) is 11.7. The van der Waals surface area contributed by atoms with E-state index in [1.807, 2.05) is 36.4 Å². The van der Waals surface area contributed by atoms with E-state index in [-0.39, 0.29) is 6.79 Å². The third kappa shape index (κ3) is 2.11. The Hall–Kier alpha value is -2.56. The molecule has 108 valence electrons. The molecule has 0 spiro atoms. The molecule has 0 saturated carbocycles. The molecule has 0 aliphatic carbocycles. The Bertz CT molecular complexity index is 686. The minimum Gasteiger partial charge on any atom is -0.497 e. The molecular weight excluding hydrogens is 270 g/mol. The zero-order valence-electron chi connectivity index (χ0n) is 11.7. The van der Waals surface area contributed by atoms with Crippen LogP contribution in [-0.4, -0.2) is 20.6 Å². The third-order valence-electron chi connectivity index (χ3n) is 3.73. The van der Waals surface area contributed by atoms with E-state index < -0.39 is 0 Å².